The van der Waals surface area contributed by atoms with Crippen molar-refractivity contribution in [1.82, 2.24) is 0 Å². The average Bonchev–Trinajstić information content (AvgIpc) is 3.19. The molecule has 5 atom stereocenters. The number of carbonyl (C=O) groups excluding carboxylic acids is 3. The van der Waals surface area contributed by atoms with Gasteiger partial charge in [0.2, 0.25) is 0 Å². The fraction of sp³-hybridized carbons (Fsp3) is 0.700. The highest BCUT2D eigenvalue weighted by molar-refractivity contribution is 5.77. The summed E-state index contributed by atoms with van der Waals surface area (Å²) in [5, 5.41) is 0. The van der Waals surface area contributed by atoms with Crippen LogP contribution in [0.3, 0.4) is 0 Å². The van der Waals surface area contributed by atoms with E-state index in [1.807, 2.05) is 26.0 Å². The summed E-state index contributed by atoms with van der Waals surface area (Å²) in [5.74, 6) is 1.57. The molecule has 0 radical (unpaired) electrons. The Hall–Kier alpha value is -2.37. The van der Waals surface area contributed by atoms with E-state index < -0.39 is 0 Å². The molecule has 200 valence electrons. The van der Waals surface area contributed by atoms with Gasteiger partial charge in [-0.3, -0.25) is 14.4 Å². The number of hydrogen-bond donors (Lipinski definition) is 0. The molecule has 0 aromatic heterocycles. The van der Waals surface area contributed by atoms with E-state index in [0.717, 1.165) is 63.5 Å². The molecule has 2 aliphatic carbocycles. The maximum atomic E-state index is 12.3. The number of carbonyl (C=O) groups is 3. The molecular weight excluding hydrogens is 456 g/mol. The predicted molar refractivity (Wildman–Crippen MR) is 139 cm³/mol. The van der Waals surface area contributed by atoms with Gasteiger partial charge in [0.1, 0.15) is 24.6 Å². The highest BCUT2D eigenvalue weighted by atomic mass is 16.5. The first kappa shape index (κ1) is 28.2. The van der Waals surface area contributed by atoms with Crippen LogP contribution >= 0.6 is 0 Å². The maximum absolute atomic E-state index is 12.3. The fourth-order valence-corrected chi connectivity index (χ4v) is 6.01. The second kappa shape index (κ2) is 13.8. The molecule has 0 amide bonds. The molecule has 0 N–H and O–H groups in total. The van der Waals surface area contributed by atoms with E-state index in [1.54, 1.807) is 0 Å². The molecule has 0 aliphatic heterocycles. The van der Waals surface area contributed by atoms with Gasteiger partial charge in [0, 0.05) is 12.8 Å². The fourth-order valence-electron chi connectivity index (χ4n) is 6.01. The minimum Gasteiger partial charge on any atom is -0.486 e. The lowest BCUT2D eigenvalue weighted by Crippen LogP contribution is -2.30. The van der Waals surface area contributed by atoms with Gasteiger partial charge >= 0.3 is 11.9 Å². The van der Waals surface area contributed by atoms with Crippen molar-refractivity contribution in [3.05, 3.63) is 29.3 Å². The van der Waals surface area contributed by atoms with E-state index in [-0.39, 0.29) is 42.5 Å². The van der Waals surface area contributed by atoms with Crippen LogP contribution in [0.15, 0.2) is 18.2 Å². The number of Topliss-reactive ketones (excluding diaryl/α,β-unsaturated/α-hetero) is 1. The molecule has 0 saturated heterocycles. The van der Waals surface area contributed by atoms with Gasteiger partial charge in [-0.1, -0.05) is 45.7 Å². The lowest BCUT2D eigenvalue weighted by atomic mass is 9.73. The van der Waals surface area contributed by atoms with Crippen molar-refractivity contribution in [3.63, 3.8) is 0 Å². The summed E-state index contributed by atoms with van der Waals surface area (Å²) in [6.07, 6.45) is 9.10. The van der Waals surface area contributed by atoms with Crippen LogP contribution in [0.25, 0.3) is 0 Å². The molecule has 0 unspecified atom stereocenters. The number of fused-ring (bicyclic) bond motifs is 2. The van der Waals surface area contributed by atoms with E-state index in [4.69, 9.17) is 14.2 Å². The lowest BCUT2D eigenvalue weighted by molar-refractivity contribution is -0.151. The van der Waals surface area contributed by atoms with Crippen LogP contribution in [0.5, 0.6) is 5.75 Å². The zero-order valence-corrected chi connectivity index (χ0v) is 22.6. The summed E-state index contributed by atoms with van der Waals surface area (Å²) in [5.41, 5.74) is 2.46. The summed E-state index contributed by atoms with van der Waals surface area (Å²) in [4.78, 5) is 35.8. The van der Waals surface area contributed by atoms with E-state index in [9.17, 15) is 14.4 Å². The molecule has 1 aromatic rings. The van der Waals surface area contributed by atoms with Crippen LogP contribution in [0.1, 0.15) is 96.6 Å². The van der Waals surface area contributed by atoms with Crippen LogP contribution < -0.4 is 4.74 Å². The number of hydrogen-bond acceptors (Lipinski definition) is 6. The molecule has 36 heavy (non-hydrogen) atoms. The van der Waals surface area contributed by atoms with Gasteiger partial charge in [0.15, 0.2) is 5.78 Å². The Bertz CT molecular complexity index is 893. The van der Waals surface area contributed by atoms with Crippen molar-refractivity contribution < 1.29 is 28.6 Å². The van der Waals surface area contributed by atoms with E-state index in [2.05, 4.69) is 13.0 Å². The van der Waals surface area contributed by atoms with Gasteiger partial charge in [0.05, 0.1) is 0 Å². The normalized spacial score (nSPS) is 23.3. The van der Waals surface area contributed by atoms with Crippen molar-refractivity contribution in [1.29, 1.82) is 0 Å². The zero-order valence-electron chi connectivity index (χ0n) is 22.6. The summed E-state index contributed by atoms with van der Waals surface area (Å²) >= 11 is 0. The molecule has 1 saturated carbocycles. The van der Waals surface area contributed by atoms with Crippen molar-refractivity contribution in [2.45, 2.75) is 111 Å². The van der Waals surface area contributed by atoms with Crippen LogP contribution in [0.4, 0.5) is 0 Å². The Morgan fingerprint density at radius 2 is 1.78 bits per heavy atom. The van der Waals surface area contributed by atoms with Crippen molar-refractivity contribution >= 4 is 17.7 Å². The minimum atomic E-state index is -0.149. The third-order valence-corrected chi connectivity index (χ3v) is 7.86. The SMILES string of the molecule is CCCCC[C@@H](CC[C@@H]1[C@H]2Cc3cccc(OCC(C)=O)c3C[C@H]2C[C@H]1OC(=O)CC)OC(=O)CC. The van der Waals surface area contributed by atoms with Crippen molar-refractivity contribution in [2.24, 2.45) is 17.8 Å². The quantitative estimate of drug-likeness (QED) is 0.230. The van der Waals surface area contributed by atoms with E-state index in [0.29, 0.717) is 24.7 Å². The summed E-state index contributed by atoms with van der Waals surface area (Å²) in [6, 6.07) is 6.11. The third kappa shape index (κ3) is 7.57. The number of rotatable bonds is 14. The van der Waals surface area contributed by atoms with Gasteiger partial charge in [0.25, 0.3) is 0 Å². The summed E-state index contributed by atoms with van der Waals surface area (Å²) in [6.45, 7) is 7.46. The number of ketones is 1. The van der Waals surface area contributed by atoms with Gasteiger partial charge in [-0.2, -0.15) is 0 Å². The van der Waals surface area contributed by atoms with Crippen LogP contribution in [-0.4, -0.2) is 36.5 Å². The molecule has 0 spiro atoms. The molecule has 6 heteroatoms. The monoisotopic (exact) mass is 500 g/mol. The smallest absolute Gasteiger partial charge is 0.305 e. The molecule has 6 nitrogen and oxygen atoms in total. The number of esters is 2. The second-order valence-corrected chi connectivity index (χ2v) is 10.5. The highest BCUT2D eigenvalue weighted by Crippen LogP contribution is 2.49. The standard InChI is InChI=1S/C30H44O6/c1-5-8-9-12-23(35-29(32)6-2)14-15-24-25-16-21-11-10-13-27(34-19-20(4)31)26(21)17-22(25)18-28(24)36-30(33)7-3/h10-11,13,22-25,28H,5-9,12,14-19H2,1-4H3/t22-,23-,24+,25-,28+/m0/s1. The van der Waals surface area contributed by atoms with Gasteiger partial charge < -0.3 is 14.2 Å². The third-order valence-electron chi connectivity index (χ3n) is 7.86. The van der Waals surface area contributed by atoms with Crippen LogP contribution in [0, 0.1) is 17.8 Å². The van der Waals surface area contributed by atoms with E-state index >= 15 is 0 Å². The van der Waals surface area contributed by atoms with Crippen molar-refractivity contribution in [2.75, 3.05) is 6.61 Å². The average molecular weight is 501 g/mol. The predicted octanol–water partition coefficient (Wildman–Crippen LogP) is 6.01. The Morgan fingerprint density at radius 3 is 2.47 bits per heavy atom. The molecule has 1 fully saturated rings. The Kier molecular flexibility index (Phi) is 10.8. The Morgan fingerprint density at radius 1 is 1.00 bits per heavy atom. The van der Waals surface area contributed by atoms with Crippen LogP contribution in [0.2, 0.25) is 0 Å². The number of benzene rings is 1. The van der Waals surface area contributed by atoms with Crippen molar-refractivity contribution in [3.8, 4) is 5.75 Å². The Labute approximate surface area is 216 Å². The molecule has 1 aromatic carbocycles. The van der Waals surface area contributed by atoms with Gasteiger partial charge in [-0.15, -0.1) is 0 Å². The molecule has 0 bridgehead atoms. The summed E-state index contributed by atoms with van der Waals surface area (Å²) in [7, 11) is 0. The molecule has 0 heterocycles. The van der Waals surface area contributed by atoms with Gasteiger partial charge in [-0.05, 0) is 86.8 Å². The maximum Gasteiger partial charge on any atom is 0.305 e. The minimum absolute atomic E-state index is 0.00558. The van der Waals surface area contributed by atoms with Gasteiger partial charge in [-0.25, -0.2) is 0 Å². The number of unbranched alkanes of at least 4 members (excludes halogenated alkanes) is 2. The first-order valence-corrected chi connectivity index (χ1v) is 14.0. The zero-order chi connectivity index (χ0) is 26.1. The molecule has 3 rings (SSSR count). The first-order valence-electron chi connectivity index (χ1n) is 14.0. The largest absolute Gasteiger partial charge is 0.486 e. The highest BCUT2D eigenvalue weighted by Gasteiger charge is 2.47. The molecule has 2 aliphatic rings. The Balaban J connectivity index is 1.76. The van der Waals surface area contributed by atoms with Crippen LogP contribution in [-0.2, 0) is 36.7 Å². The summed E-state index contributed by atoms with van der Waals surface area (Å²) < 4.78 is 17.6. The lowest BCUT2D eigenvalue weighted by Gasteiger charge is -2.33. The first-order chi connectivity index (χ1) is 17.4. The van der Waals surface area contributed by atoms with E-state index in [1.165, 1.54) is 18.1 Å². The number of ether oxygens (including phenoxy) is 3. The second-order valence-electron chi connectivity index (χ2n) is 10.5. The molecular formula is C30H44O6. The topological polar surface area (TPSA) is 78.9 Å².